The van der Waals surface area contributed by atoms with Crippen LogP contribution in [0.15, 0.2) is 53.1 Å². The van der Waals surface area contributed by atoms with Crippen LogP contribution in [0.25, 0.3) is 0 Å². The Morgan fingerprint density at radius 3 is 2.63 bits per heavy atom. The predicted molar refractivity (Wildman–Crippen MR) is 167 cm³/mol. The number of nitrogens with two attached hydrogens (primary N) is 1. The lowest BCUT2D eigenvalue weighted by Crippen LogP contribution is -2.51. The molecule has 1 saturated heterocycles. The molecule has 6 nitrogen and oxygen atoms in total. The highest BCUT2D eigenvalue weighted by Crippen LogP contribution is 2.48. The number of piperidine rings is 1. The molecule has 2 radical (unpaired) electrons. The first-order valence-electron chi connectivity index (χ1n) is 16.0. The van der Waals surface area contributed by atoms with Crippen LogP contribution in [0.3, 0.4) is 0 Å². The number of allylic oxidation sites excluding steroid dienone is 4. The first-order valence-corrected chi connectivity index (χ1v) is 16.0. The van der Waals surface area contributed by atoms with E-state index in [9.17, 15) is 9.59 Å². The maximum absolute atomic E-state index is 13.0. The fourth-order valence-electron chi connectivity index (χ4n) is 7.16. The third kappa shape index (κ3) is 7.93. The molecule has 1 aromatic rings. The van der Waals surface area contributed by atoms with Gasteiger partial charge in [0.1, 0.15) is 19.7 Å². The average Bonchev–Trinajstić information content (AvgIpc) is 3.78. The van der Waals surface area contributed by atoms with Crippen LogP contribution in [-0.2, 0) is 15.1 Å². The van der Waals surface area contributed by atoms with E-state index in [1.165, 1.54) is 37.7 Å². The molecular formula is C34H47BN4O2. The third-order valence-electron chi connectivity index (χ3n) is 9.92. The van der Waals surface area contributed by atoms with Crippen molar-refractivity contribution in [1.82, 2.24) is 10.2 Å². The molecule has 218 valence electrons. The Balaban J connectivity index is 1.12. The van der Waals surface area contributed by atoms with Gasteiger partial charge in [-0.1, -0.05) is 80.1 Å². The van der Waals surface area contributed by atoms with Crippen LogP contribution in [-0.4, -0.2) is 50.5 Å². The summed E-state index contributed by atoms with van der Waals surface area (Å²) in [6, 6.07) is 7.55. The van der Waals surface area contributed by atoms with Gasteiger partial charge < -0.3 is 20.7 Å². The van der Waals surface area contributed by atoms with Crippen molar-refractivity contribution in [3.8, 4) is 0 Å². The zero-order valence-electron chi connectivity index (χ0n) is 24.6. The highest BCUT2D eigenvalue weighted by molar-refractivity contribution is 6.32. The lowest BCUT2D eigenvalue weighted by molar-refractivity contribution is -0.133. The van der Waals surface area contributed by atoms with Crippen LogP contribution in [0.4, 0.5) is 0 Å². The standard InChI is InChI=1S/C34H47BN4O2/c35-30-13-7-12-29(22-30)34(24-40,17-14-25-8-3-1-4-9-25)38-33(36)37-23-26-15-18-39(19-16-26)32(41)21-28-20-31(28)27-10-5-2-6-11-27/h5,7,10-13,22,24-26,28,31H,1-4,6,8-9,14-21,23H2,(H3,36,37,38). The van der Waals surface area contributed by atoms with E-state index < -0.39 is 5.54 Å². The molecule has 3 unspecified atom stereocenters. The Morgan fingerprint density at radius 1 is 1.12 bits per heavy atom. The number of carbonyl (C=O) groups is 2. The van der Waals surface area contributed by atoms with Crippen LogP contribution >= 0.6 is 0 Å². The van der Waals surface area contributed by atoms with Crippen molar-refractivity contribution < 1.29 is 9.59 Å². The van der Waals surface area contributed by atoms with Crippen LogP contribution in [0.5, 0.6) is 0 Å². The second-order valence-corrected chi connectivity index (χ2v) is 12.9. The van der Waals surface area contributed by atoms with Gasteiger partial charge >= 0.3 is 0 Å². The fourth-order valence-corrected chi connectivity index (χ4v) is 7.16. The number of likely N-dealkylation sites (tertiary alicyclic amines) is 1. The number of aldehydes is 1. The summed E-state index contributed by atoms with van der Waals surface area (Å²) in [5.41, 5.74) is 8.39. The summed E-state index contributed by atoms with van der Waals surface area (Å²) in [5.74, 6) is 2.73. The number of guanidine groups is 1. The van der Waals surface area contributed by atoms with Gasteiger partial charge in [0.25, 0.3) is 0 Å². The van der Waals surface area contributed by atoms with Gasteiger partial charge in [0.2, 0.25) is 5.91 Å². The molecule has 0 bridgehead atoms. The number of nitrogens with one attached hydrogen (secondary N) is 1. The molecule has 3 aliphatic carbocycles. The van der Waals surface area contributed by atoms with Crippen LogP contribution in [0.2, 0.25) is 0 Å². The normalized spacial score (nSPS) is 25.3. The highest BCUT2D eigenvalue weighted by atomic mass is 16.2. The quantitative estimate of drug-likeness (QED) is 0.180. The molecule has 3 atom stereocenters. The van der Waals surface area contributed by atoms with E-state index in [-0.39, 0.29) is 0 Å². The lowest BCUT2D eigenvalue weighted by Gasteiger charge is -2.34. The Morgan fingerprint density at radius 2 is 1.93 bits per heavy atom. The van der Waals surface area contributed by atoms with Crippen molar-refractivity contribution in [2.45, 2.75) is 89.0 Å². The van der Waals surface area contributed by atoms with Crippen LogP contribution in [0, 0.1) is 23.7 Å². The minimum Gasteiger partial charge on any atom is -0.370 e. The average molecular weight is 555 g/mol. The topological polar surface area (TPSA) is 87.8 Å². The summed E-state index contributed by atoms with van der Waals surface area (Å²) in [5, 5.41) is 3.32. The third-order valence-corrected chi connectivity index (χ3v) is 9.92. The largest absolute Gasteiger partial charge is 0.370 e. The summed E-state index contributed by atoms with van der Waals surface area (Å²) < 4.78 is 0. The molecule has 1 aliphatic heterocycles. The Bertz CT molecular complexity index is 1150. The van der Waals surface area contributed by atoms with Gasteiger partial charge in [0.05, 0.1) is 0 Å². The minimum absolute atomic E-state index is 0.299. The van der Waals surface area contributed by atoms with E-state index in [0.717, 1.165) is 63.5 Å². The van der Waals surface area contributed by atoms with Gasteiger partial charge in [-0.05, 0) is 79.8 Å². The molecule has 3 N–H and O–H groups in total. The summed E-state index contributed by atoms with van der Waals surface area (Å²) >= 11 is 0. The number of amides is 1. The zero-order chi connectivity index (χ0) is 28.7. The highest BCUT2D eigenvalue weighted by Gasteiger charge is 2.41. The van der Waals surface area contributed by atoms with Gasteiger partial charge in [-0.2, -0.15) is 0 Å². The number of carbonyl (C=O) groups excluding carboxylic acids is 2. The molecule has 1 amide bonds. The van der Waals surface area contributed by atoms with E-state index in [1.807, 2.05) is 29.2 Å². The molecule has 0 aromatic heterocycles. The summed E-state index contributed by atoms with van der Waals surface area (Å²) in [7, 11) is 6.10. The van der Waals surface area contributed by atoms with Crippen molar-refractivity contribution in [2.24, 2.45) is 34.4 Å². The number of hydrogen-bond donors (Lipinski definition) is 2. The van der Waals surface area contributed by atoms with Gasteiger partial charge in [0, 0.05) is 26.1 Å². The molecule has 5 rings (SSSR count). The number of nitrogens with zero attached hydrogens (tertiary/aromatic N) is 2. The van der Waals surface area contributed by atoms with Crippen LogP contribution in [0.1, 0.15) is 89.0 Å². The first-order chi connectivity index (χ1) is 20.0. The molecule has 1 heterocycles. The van der Waals surface area contributed by atoms with Crippen molar-refractivity contribution in [3.63, 3.8) is 0 Å². The van der Waals surface area contributed by atoms with E-state index in [2.05, 4.69) is 23.5 Å². The Kier molecular flexibility index (Phi) is 10.1. The van der Waals surface area contributed by atoms with Crippen molar-refractivity contribution in [1.29, 1.82) is 0 Å². The minimum atomic E-state index is -0.944. The number of rotatable bonds is 11. The number of aliphatic imine (C=N–C) groups is 1. The Hall–Kier alpha value is -2.83. The predicted octanol–water partition coefficient (Wildman–Crippen LogP) is 4.68. The van der Waals surface area contributed by atoms with Gasteiger partial charge in [-0.3, -0.25) is 9.79 Å². The number of benzene rings is 1. The van der Waals surface area contributed by atoms with Gasteiger partial charge in [-0.15, -0.1) is 0 Å². The Labute approximate surface area is 247 Å². The molecular weight excluding hydrogens is 507 g/mol. The van der Waals surface area contributed by atoms with Crippen molar-refractivity contribution in [2.75, 3.05) is 19.6 Å². The summed E-state index contributed by atoms with van der Waals surface area (Å²) in [6.07, 6.45) is 21.8. The molecule has 7 heteroatoms. The van der Waals surface area contributed by atoms with E-state index in [0.29, 0.717) is 60.4 Å². The molecule has 2 saturated carbocycles. The fraction of sp³-hybridized carbons (Fsp3) is 0.618. The summed E-state index contributed by atoms with van der Waals surface area (Å²) in [4.78, 5) is 32.4. The molecule has 4 aliphatic rings. The van der Waals surface area contributed by atoms with Crippen molar-refractivity contribution in [3.05, 3.63) is 53.6 Å². The first kappa shape index (κ1) is 29.7. The summed E-state index contributed by atoms with van der Waals surface area (Å²) in [6.45, 7) is 2.17. The number of hydrogen-bond acceptors (Lipinski definition) is 3. The molecule has 41 heavy (non-hydrogen) atoms. The second kappa shape index (κ2) is 13.9. The lowest BCUT2D eigenvalue weighted by atomic mass is 9.78. The maximum atomic E-state index is 13.0. The maximum Gasteiger partial charge on any atom is 0.222 e. The SMILES string of the molecule is [B]c1cccc(C(C=O)(CCC2CCCCC2)NC(N)=NCC2CCN(C(=O)CC3CC3C3=CCCC=C3)CC2)c1. The van der Waals surface area contributed by atoms with E-state index in [4.69, 9.17) is 18.6 Å². The van der Waals surface area contributed by atoms with Crippen molar-refractivity contribution >= 4 is 31.5 Å². The molecule has 1 aromatic carbocycles. The smallest absolute Gasteiger partial charge is 0.222 e. The zero-order valence-corrected chi connectivity index (χ0v) is 24.6. The second-order valence-electron chi connectivity index (χ2n) is 12.9. The van der Waals surface area contributed by atoms with E-state index >= 15 is 0 Å². The molecule has 3 fully saturated rings. The van der Waals surface area contributed by atoms with E-state index in [1.54, 1.807) is 0 Å². The molecule has 0 spiro atoms. The van der Waals surface area contributed by atoms with Gasteiger partial charge in [-0.25, -0.2) is 0 Å². The van der Waals surface area contributed by atoms with Gasteiger partial charge in [0.15, 0.2) is 5.96 Å². The van der Waals surface area contributed by atoms with Crippen LogP contribution < -0.4 is 16.5 Å². The monoisotopic (exact) mass is 554 g/mol.